The molecule has 19 heavy (non-hydrogen) atoms. The number of pyridine rings is 1. The molecule has 0 saturated heterocycles. The van der Waals surface area contributed by atoms with Gasteiger partial charge in [-0.25, -0.2) is 13.4 Å². The van der Waals surface area contributed by atoms with E-state index in [0.717, 1.165) is 5.56 Å². The van der Waals surface area contributed by atoms with E-state index >= 15 is 0 Å². The number of nitrogens with one attached hydrogen (secondary N) is 1. The van der Waals surface area contributed by atoms with E-state index in [1.165, 1.54) is 12.1 Å². The van der Waals surface area contributed by atoms with Crippen molar-refractivity contribution >= 4 is 38.9 Å². The molecule has 1 N–H and O–H groups in total. The van der Waals surface area contributed by atoms with Crippen molar-refractivity contribution in [3.05, 3.63) is 52.3 Å². The highest BCUT2D eigenvalue weighted by molar-refractivity contribution is 7.92. The molecule has 0 aliphatic carbocycles. The van der Waals surface area contributed by atoms with Gasteiger partial charge >= 0.3 is 0 Å². The number of nitrogens with zero attached hydrogens (tertiary/aromatic N) is 1. The van der Waals surface area contributed by atoms with Gasteiger partial charge in [-0.15, -0.1) is 0 Å². The van der Waals surface area contributed by atoms with Gasteiger partial charge in [0.15, 0.2) is 5.15 Å². The molecule has 0 atom stereocenters. The van der Waals surface area contributed by atoms with E-state index < -0.39 is 10.0 Å². The molecule has 0 radical (unpaired) electrons. The third kappa shape index (κ3) is 3.37. The van der Waals surface area contributed by atoms with E-state index in [4.69, 9.17) is 23.2 Å². The zero-order valence-corrected chi connectivity index (χ0v) is 12.2. The van der Waals surface area contributed by atoms with Gasteiger partial charge < -0.3 is 0 Å². The Kier molecular flexibility index (Phi) is 3.99. The molecule has 0 spiro atoms. The molecule has 4 nitrogen and oxygen atoms in total. The summed E-state index contributed by atoms with van der Waals surface area (Å²) >= 11 is 11.6. The van der Waals surface area contributed by atoms with Crippen molar-refractivity contribution in [2.75, 3.05) is 4.72 Å². The second-order valence-corrected chi connectivity index (χ2v) is 6.39. The van der Waals surface area contributed by atoms with Crippen molar-refractivity contribution in [3.8, 4) is 0 Å². The Morgan fingerprint density at radius 1 is 1.21 bits per heavy atom. The summed E-state index contributed by atoms with van der Waals surface area (Å²) in [6.07, 6.45) is 1.56. The number of anilines is 1. The molecule has 100 valence electrons. The minimum atomic E-state index is -3.73. The topological polar surface area (TPSA) is 59.1 Å². The van der Waals surface area contributed by atoms with Crippen LogP contribution in [-0.2, 0) is 10.0 Å². The van der Waals surface area contributed by atoms with Gasteiger partial charge in [0, 0.05) is 11.2 Å². The standard InChI is InChI=1S/C12H10Cl2N2O2S/c1-8-5-11(12(14)15-7-8)16-19(17,18)10-4-2-3-9(13)6-10/h2-7,16H,1H3. The molecule has 0 unspecified atom stereocenters. The van der Waals surface area contributed by atoms with Gasteiger partial charge in [0.1, 0.15) is 0 Å². The molecule has 1 heterocycles. The summed E-state index contributed by atoms with van der Waals surface area (Å²) in [6.45, 7) is 1.79. The van der Waals surface area contributed by atoms with Crippen molar-refractivity contribution in [1.82, 2.24) is 4.98 Å². The van der Waals surface area contributed by atoms with Crippen LogP contribution < -0.4 is 4.72 Å². The smallest absolute Gasteiger partial charge is 0.262 e. The van der Waals surface area contributed by atoms with Gasteiger partial charge in [-0.1, -0.05) is 29.3 Å². The van der Waals surface area contributed by atoms with E-state index in [0.29, 0.717) is 5.02 Å². The molecule has 0 aliphatic heterocycles. The van der Waals surface area contributed by atoms with Crippen molar-refractivity contribution in [3.63, 3.8) is 0 Å². The van der Waals surface area contributed by atoms with Crippen LogP contribution in [0.2, 0.25) is 10.2 Å². The van der Waals surface area contributed by atoms with Crippen LogP contribution in [0.4, 0.5) is 5.69 Å². The number of halogens is 2. The van der Waals surface area contributed by atoms with Crippen LogP contribution in [0, 0.1) is 6.92 Å². The summed E-state index contributed by atoms with van der Waals surface area (Å²) in [5.74, 6) is 0. The molecular weight excluding hydrogens is 307 g/mol. The molecule has 2 aromatic rings. The highest BCUT2D eigenvalue weighted by atomic mass is 35.5. The monoisotopic (exact) mass is 316 g/mol. The highest BCUT2D eigenvalue weighted by Crippen LogP contribution is 2.24. The maximum absolute atomic E-state index is 12.2. The molecule has 1 aromatic heterocycles. The van der Waals surface area contributed by atoms with E-state index in [1.807, 2.05) is 0 Å². The predicted octanol–water partition coefficient (Wildman–Crippen LogP) is 3.50. The molecule has 0 bridgehead atoms. The normalized spacial score (nSPS) is 11.3. The maximum atomic E-state index is 12.2. The van der Waals surface area contributed by atoms with Crippen LogP contribution in [0.15, 0.2) is 41.4 Å². The number of sulfonamides is 1. The summed E-state index contributed by atoms with van der Waals surface area (Å²) in [4.78, 5) is 3.95. The van der Waals surface area contributed by atoms with Crippen LogP contribution in [0.25, 0.3) is 0 Å². The summed E-state index contributed by atoms with van der Waals surface area (Å²) < 4.78 is 26.7. The Hall–Kier alpha value is -1.30. The van der Waals surface area contributed by atoms with Crippen molar-refractivity contribution < 1.29 is 8.42 Å². The lowest BCUT2D eigenvalue weighted by molar-refractivity contribution is 0.601. The molecular formula is C12H10Cl2N2O2S. The van der Waals surface area contributed by atoms with Crippen molar-refractivity contribution in [1.29, 1.82) is 0 Å². The summed E-state index contributed by atoms with van der Waals surface area (Å²) in [6, 6.07) is 7.58. The molecule has 2 rings (SSSR count). The fourth-order valence-electron chi connectivity index (χ4n) is 1.46. The largest absolute Gasteiger partial charge is 0.276 e. The molecule has 0 aliphatic rings. The Morgan fingerprint density at radius 2 is 1.95 bits per heavy atom. The van der Waals surface area contributed by atoms with Crippen LogP contribution in [0.3, 0.4) is 0 Å². The first-order valence-corrected chi connectivity index (χ1v) is 7.53. The molecule has 0 saturated carbocycles. The van der Waals surface area contributed by atoms with E-state index in [2.05, 4.69) is 9.71 Å². The zero-order chi connectivity index (χ0) is 14.0. The van der Waals surface area contributed by atoms with Gasteiger partial charge in [-0.3, -0.25) is 4.72 Å². The lowest BCUT2D eigenvalue weighted by atomic mass is 10.3. The first-order valence-electron chi connectivity index (χ1n) is 5.29. The van der Waals surface area contributed by atoms with Gasteiger partial charge in [0.25, 0.3) is 10.0 Å². The van der Waals surface area contributed by atoms with Gasteiger partial charge in [-0.05, 0) is 36.8 Å². The van der Waals surface area contributed by atoms with E-state index in [-0.39, 0.29) is 15.7 Å². The second kappa shape index (κ2) is 5.36. The molecule has 0 fully saturated rings. The van der Waals surface area contributed by atoms with Gasteiger partial charge in [-0.2, -0.15) is 0 Å². The molecule has 7 heteroatoms. The Morgan fingerprint density at radius 3 is 2.63 bits per heavy atom. The third-order valence-corrected chi connectivity index (χ3v) is 4.23. The summed E-state index contributed by atoms with van der Waals surface area (Å²) in [5.41, 5.74) is 1.04. The van der Waals surface area contributed by atoms with Crippen LogP contribution >= 0.6 is 23.2 Å². The minimum absolute atomic E-state index is 0.0672. The van der Waals surface area contributed by atoms with Gasteiger partial charge in [0.2, 0.25) is 0 Å². The average Bonchev–Trinajstić information content (AvgIpc) is 2.33. The zero-order valence-electron chi connectivity index (χ0n) is 9.89. The summed E-state index contributed by atoms with van der Waals surface area (Å²) in [5, 5.41) is 0.438. The number of rotatable bonds is 3. The van der Waals surface area contributed by atoms with Crippen LogP contribution in [0.1, 0.15) is 5.56 Å². The first-order chi connectivity index (χ1) is 8.88. The fourth-order valence-corrected chi connectivity index (χ4v) is 3.03. The third-order valence-electron chi connectivity index (χ3n) is 2.33. The Labute approximate surface area is 121 Å². The van der Waals surface area contributed by atoms with Crippen molar-refractivity contribution in [2.24, 2.45) is 0 Å². The minimum Gasteiger partial charge on any atom is -0.276 e. The van der Waals surface area contributed by atoms with Crippen molar-refractivity contribution in [2.45, 2.75) is 11.8 Å². The predicted molar refractivity (Wildman–Crippen MR) is 76.2 cm³/mol. The molecule has 0 amide bonds. The number of hydrogen-bond acceptors (Lipinski definition) is 3. The number of benzene rings is 1. The average molecular weight is 317 g/mol. The second-order valence-electron chi connectivity index (χ2n) is 3.91. The Bertz CT molecular complexity index is 717. The number of hydrogen-bond donors (Lipinski definition) is 1. The Balaban J connectivity index is 2.39. The molecule has 1 aromatic carbocycles. The van der Waals surface area contributed by atoms with E-state index in [1.54, 1.807) is 31.3 Å². The summed E-state index contributed by atoms with van der Waals surface area (Å²) in [7, 11) is -3.73. The fraction of sp³-hybridized carbons (Fsp3) is 0.0833. The number of aromatic nitrogens is 1. The van der Waals surface area contributed by atoms with E-state index in [9.17, 15) is 8.42 Å². The first kappa shape index (κ1) is 14.1. The van der Waals surface area contributed by atoms with Gasteiger partial charge in [0.05, 0.1) is 10.6 Å². The lowest BCUT2D eigenvalue weighted by Gasteiger charge is -2.09. The quantitative estimate of drug-likeness (QED) is 0.882. The lowest BCUT2D eigenvalue weighted by Crippen LogP contribution is -2.13. The maximum Gasteiger partial charge on any atom is 0.262 e. The highest BCUT2D eigenvalue weighted by Gasteiger charge is 2.16. The number of aryl methyl sites for hydroxylation is 1. The SMILES string of the molecule is Cc1cnc(Cl)c(NS(=O)(=O)c2cccc(Cl)c2)c1. The van der Waals surface area contributed by atoms with Crippen LogP contribution in [-0.4, -0.2) is 13.4 Å². The van der Waals surface area contributed by atoms with Crippen LogP contribution in [0.5, 0.6) is 0 Å².